The number of aryl methyl sites for hydroxylation is 1. The summed E-state index contributed by atoms with van der Waals surface area (Å²) in [6.07, 6.45) is 3.72. The van der Waals surface area contributed by atoms with Gasteiger partial charge in [-0.2, -0.15) is 0 Å². The van der Waals surface area contributed by atoms with E-state index >= 15 is 0 Å². The molecule has 7 heteroatoms. The highest BCUT2D eigenvalue weighted by molar-refractivity contribution is 6.35. The lowest BCUT2D eigenvalue weighted by Gasteiger charge is -2.11. The number of para-hydroxylation sites is 2. The summed E-state index contributed by atoms with van der Waals surface area (Å²) in [4.78, 5) is 17.2. The summed E-state index contributed by atoms with van der Waals surface area (Å²) < 4.78 is 7.42. The van der Waals surface area contributed by atoms with Crippen molar-refractivity contribution in [3.63, 3.8) is 0 Å². The van der Waals surface area contributed by atoms with Gasteiger partial charge in [0.2, 0.25) is 0 Å². The first kappa shape index (κ1) is 24.1. The van der Waals surface area contributed by atoms with Crippen molar-refractivity contribution in [2.24, 2.45) is 0 Å². The third kappa shape index (κ3) is 5.91. The monoisotopic (exact) mass is 495 g/mol. The van der Waals surface area contributed by atoms with Crippen LogP contribution in [0, 0.1) is 0 Å². The van der Waals surface area contributed by atoms with E-state index in [1.54, 1.807) is 25.3 Å². The molecule has 0 unspecified atom stereocenters. The first-order chi connectivity index (χ1) is 16.5. The van der Waals surface area contributed by atoms with Crippen LogP contribution in [0.1, 0.15) is 41.0 Å². The third-order valence-electron chi connectivity index (χ3n) is 5.77. The molecule has 0 aliphatic heterocycles. The van der Waals surface area contributed by atoms with Gasteiger partial charge in [0.25, 0.3) is 5.91 Å². The van der Waals surface area contributed by atoms with E-state index in [2.05, 4.69) is 16.0 Å². The fourth-order valence-electron chi connectivity index (χ4n) is 3.97. The largest absolute Gasteiger partial charge is 0.497 e. The molecule has 0 aliphatic carbocycles. The van der Waals surface area contributed by atoms with Crippen LogP contribution in [0.15, 0.2) is 66.7 Å². The maximum absolute atomic E-state index is 12.3. The van der Waals surface area contributed by atoms with Crippen molar-refractivity contribution >= 4 is 40.1 Å². The summed E-state index contributed by atoms with van der Waals surface area (Å²) in [5.41, 5.74) is 3.69. The summed E-state index contributed by atoms with van der Waals surface area (Å²) in [5, 5.41) is 4.27. The SMILES string of the molecule is COc1cccc(C(=O)NCCCCCc2nc3ccccc3n2Cc2ccc(Cl)cc2Cl)c1. The van der Waals surface area contributed by atoms with Gasteiger partial charge < -0.3 is 14.6 Å². The van der Waals surface area contributed by atoms with Crippen molar-refractivity contribution < 1.29 is 9.53 Å². The molecule has 1 N–H and O–H groups in total. The maximum atomic E-state index is 12.3. The number of imidazole rings is 1. The van der Waals surface area contributed by atoms with Crippen molar-refractivity contribution in [3.05, 3.63) is 93.7 Å². The predicted octanol–water partition coefficient (Wildman–Crippen LogP) is 6.54. The van der Waals surface area contributed by atoms with E-state index < -0.39 is 0 Å². The van der Waals surface area contributed by atoms with Gasteiger partial charge in [-0.15, -0.1) is 0 Å². The average molecular weight is 496 g/mol. The Labute approximate surface area is 209 Å². The van der Waals surface area contributed by atoms with Gasteiger partial charge in [-0.3, -0.25) is 4.79 Å². The number of ether oxygens (including phenoxy) is 1. The van der Waals surface area contributed by atoms with Crippen LogP contribution in [0.2, 0.25) is 10.0 Å². The van der Waals surface area contributed by atoms with Gasteiger partial charge in [-0.25, -0.2) is 4.98 Å². The van der Waals surface area contributed by atoms with E-state index in [0.717, 1.165) is 48.1 Å². The van der Waals surface area contributed by atoms with Crippen molar-refractivity contribution in [2.45, 2.75) is 32.2 Å². The highest BCUT2D eigenvalue weighted by Crippen LogP contribution is 2.25. The van der Waals surface area contributed by atoms with Crippen LogP contribution in [-0.4, -0.2) is 29.1 Å². The van der Waals surface area contributed by atoms with Gasteiger partial charge in [0.1, 0.15) is 11.6 Å². The topological polar surface area (TPSA) is 56.1 Å². The van der Waals surface area contributed by atoms with E-state index in [1.165, 1.54) is 0 Å². The molecule has 0 spiro atoms. The molecule has 4 rings (SSSR count). The summed E-state index contributed by atoms with van der Waals surface area (Å²) in [5.74, 6) is 1.63. The van der Waals surface area contributed by atoms with Crippen LogP contribution >= 0.6 is 23.2 Å². The number of benzene rings is 3. The van der Waals surface area contributed by atoms with Crippen molar-refractivity contribution in [3.8, 4) is 5.75 Å². The Hall–Kier alpha value is -3.02. The molecule has 1 aromatic heterocycles. The van der Waals surface area contributed by atoms with Crippen molar-refractivity contribution in [1.29, 1.82) is 0 Å². The molecule has 176 valence electrons. The number of halogens is 2. The summed E-state index contributed by atoms with van der Waals surface area (Å²) >= 11 is 12.5. The Morgan fingerprint density at radius 1 is 1.00 bits per heavy atom. The van der Waals surface area contributed by atoms with Gasteiger partial charge in [0, 0.05) is 28.6 Å². The minimum Gasteiger partial charge on any atom is -0.497 e. The Balaban J connectivity index is 1.33. The van der Waals surface area contributed by atoms with E-state index in [9.17, 15) is 4.79 Å². The molecule has 0 saturated heterocycles. The fourth-order valence-corrected chi connectivity index (χ4v) is 4.43. The van der Waals surface area contributed by atoms with Crippen LogP contribution in [0.5, 0.6) is 5.75 Å². The summed E-state index contributed by atoms with van der Waals surface area (Å²) in [7, 11) is 1.59. The number of aromatic nitrogens is 2. The zero-order valence-electron chi connectivity index (χ0n) is 19.1. The third-order valence-corrected chi connectivity index (χ3v) is 6.36. The first-order valence-electron chi connectivity index (χ1n) is 11.4. The average Bonchev–Trinajstić information content (AvgIpc) is 3.20. The molecule has 0 bridgehead atoms. The molecule has 34 heavy (non-hydrogen) atoms. The van der Waals surface area contributed by atoms with E-state index in [4.69, 9.17) is 32.9 Å². The Morgan fingerprint density at radius 2 is 1.85 bits per heavy atom. The van der Waals surface area contributed by atoms with Crippen molar-refractivity contribution in [1.82, 2.24) is 14.9 Å². The number of rotatable bonds is 10. The number of hydrogen-bond donors (Lipinski definition) is 1. The number of carbonyl (C=O) groups excluding carboxylic acids is 1. The number of hydrogen-bond acceptors (Lipinski definition) is 3. The normalized spacial score (nSPS) is 11.0. The molecule has 0 radical (unpaired) electrons. The van der Waals surface area contributed by atoms with Crippen LogP contribution in [0.4, 0.5) is 0 Å². The van der Waals surface area contributed by atoms with E-state index in [1.807, 2.05) is 42.5 Å². The zero-order valence-corrected chi connectivity index (χ0v) is 20.6. The number of fused-ring (bicyclic) bond motifs is 1. The van der Waals surface area contributed by atoms with Gasteiger partial charge in [0.05, 0.1) is 24.7 Å². The molecule has 0 fully saturated rings. The molecule has 4 aromatic rings. The quantitative estimate of drug-likeness (QED) is 0.254. The number of unbranched alkanes of at least 4 members (excludes halogenated alkanes) is 2. The molecule has 1 heterocycles. The Bertz CT molecular complexity index is 1290. The molecule has 0 saturated carbocycles. The lowest BCUT2D eigenvalue weighted by Crippen LogP contribution is -2.24. The standard InChI is InChI=1S/C27H27Cl2N3O2/c1-34-22-9-7-8-19(16-22)27(33)30-15-6-2-3-12-26-31-24-10-4-5-11-25(24)32(26)18-20-13-14-21(28)17-23(20)29/h4-5,7-11,13-14,16-17H,2-3,6,12,15,18H2,1H3,(H,30,33). The molecule has 0 aliphatic rings. The fraction of sp³-hybridized carbons (Fsp3) is 0.259. The molecule has 1 amide bonds. The smallest absolute Gasteiger partial charge is 0.251 e. The van der Waals surface area contributed by atoms with Crippen LogP contribution < -0.4 is 10.1 Å². The second-order valence-electron chi connectivity index (χ2n) is 8.14. The lowest BCUT2D eigenvalue weighted by molar-refractivity contribution is 0.0952. The first-order valence-corrected chi connectivity index (χ1v) is 12.1. The second-order valence-corrected chi connectivity index (χ2v) is 8.98. The van der Waals surface area contributed by atoms with Gasteiger partial charge in [-0.1, -0.05) is 53.9 Å². The maximum Gasteiger partial charge on any atom is 0.251 e. The Morgan fingerprint density at radius 3 is 2.68 bits per heavy atom. The van der Waals surface area contributed by atoms with Gasteiger partial charge >= 0.3 is 0 Å². The number of carbonyl (C=O) groups is 1. The molecule has 3 aromatic carbocycles. The second kappa shape index (κ2) is 11.4. The molecule has 0 atom stereocenters. The van der Waals surface area contributed by atoms with Gasteiger partial charge in [-0.05, 0) is 60.9 Å². The molecular formula is C27H27Cl2N3O2. The minimum absolute atomic E-state index is 0.0828. The zero-order chi connectivity index (χ0) is 23.9. The highest BCUT2D eigenvalue weighted by atomic mass is 35.5. The highest BCUT2D eigenvalue weighted by Gasteiger charge is 2.13. The minimum atomic E-state index is -0.0828. The molecule has 5 nitrogen and oxygen atoms in total. The van der Waals surface area contributed by atoms with Crippen molar-refractivity contribution in [2.75, 3.05) is 13.7 Å². The van der Waals surface area contributed by atoms with Gasteiger partial charge in [0.15, 0.2) is 0 Å². The Kier molecular flexibility index (Phi) is 8.09. The van der Waals surface area contributed by atoms with Crippen LogP contribution in [-0.2, 0) is 13.0 Å². The summed E-state index contributed by atoms with van der Waals surface area (Å²) in [6.45, 7) is 1.27. The van der Waals surface area contributed by atoms with Crippen LogP contribution in [0.25, 0.3) is 11.0 Å². The number of methoxy groups -OCH3 is 1. The van der Waals surface area contributed by atoms with E-state index in [0.29, 0.717) is 34.4 Å². The van der Waals surface area contributed by atoms with E-state index in [-0.39, 0.29) is 5.91 Å². The van der Waals surface area contributed by atoms with Crippen LogP contribution in [0.3, 0.4) is 0 Å². The lowest BCUT2D eigenvalue weighted by atomic mass is 10.1. The number of nitrogens with zero attached hydrogens (tertiary/aromatic N) is 2. The number of nitrogens with one attached hydrogen (secondary N) is 1. The molecular weight excluding hydrogens is 469 g/mol. The summed E-state index contributed by atoms with van der Waals surface area (Å²) in [6, 6.07) is 20.9. The number of amides is 1. The predicted molar refractivity (Wildman–Crippen MR) is 138 cm³/mol.